The molecule has 0 heterocycles. The van der Waals surface area contributed by atoms with Crippen molar-refractivity contribution in [1.82, 2.24) is 4.90 Å². The second-order valence-electron chi connectivity index (χ2n) is 3.96. The van der Waals surface area contributed by atoms with Crippen LogP contribution in [0.1, 0.15) is 6.92 Å². The van der Waals surface area contributed by atoms with Gasteiger partial charge in [-0.1, -0.05) is 25.1 Å². The van der Waals surface area contributed by atoms with E-state index in [4.69, 9.17) is 0 Å². The molecule has 0 spiro atoms. The number of benzene rings is 1. The van der Waals surface area contributed by atoms with Gasteiger partial charge in [-0.15, -0.1) is 0 Å². The molecule has 2 atom stereocenters. The van der Waals surface area contributed by atoms with Crippen LogP contribution in [0.2, 0.25) is 0 Å². The molecule has 0 bridgehead atoms. The van der Waals surface area contributed by atoms with Crippen LogP contribution in [0, 0.1) is 5.92 Å². The van der Waals surface area contributed by atoms with E-state index in [1.165, 1.54) is 4.90 Å². The molecule has 1 amide bonds. The highest BCUT2D eigenvalue weighted by Crippen LogP contribution is 2.10. The molecule has 0 saturated heterocycles. The molecule has 0 aliphatic carbocycles. The molecule has 0 aliphatic heterocycles. The maximum absolute atomic E-state index is 11.9. The lowest BCUT2D eigenvalue weighted by Crippen LogP contribution is -2.30. The summed E-state index contributed by atoms with van der Waals surface area (Å²) in [7, 11) is 2.33. The Labute approximate surface area is 98.9 Å². The molecule has 16 heavy (non-hydrogen) atoms. The summed E-state index contributed by atoms with van der Waals surface area (Å²) >= 11 is 0. The van der Waals surface area contributed by atoms with Gasteiger partial charge in [-0.05, 0) is 12.1 Å². The zero-order valence-corrected chi connectivity index (χ0v) is 10.7. The van der Waals surface area contributed by atoms with Gasteiger partial charge in [0.15, 0.2) is 0 Å². The summed E-state index contributed by atoms with van der Waals surface area (Å²) in [5, 5.41) is 0. The first-order valence-electron chi connectivity index (χ1n) is 5.17. The Morgan fingerprint density at radius 2 is 1.88 bits per heavy atom. The summed E-state index contributed by atoms with van der Waals surface area (Å²) in [6.07, 6.45) is 0. The van der Waals surface area contributed by atoms with E-state index in [0.29, 0.717) is 5.75 Å². The van der Waals surface area contributed by atoms with Gasteiger partial charge in [-0.25, -0.2) is 0 Å². The van der Waals surface area contributed by atoms with E-state index in [-0.39, 0.29) is 11.8 Å². The Kier molecular flexibility index (Phi) is 4.68. The number of hydrogen-bond donors (Lipinski definition) is 0. The van der Waals surface area contributed by atoms with Crippen LogP contribution in [0.5, 0.6) is 0 Å². The minimum atomic E-state index is -1.10. The normalized spacial score (nSPS) is 14.2. The van der Waals surface area contributed by atoms with E-state index in [2.05, 4.69) is 0 Å². The number of carbonyl (C=O) groups is 1. The van der Waals surface area contributed by atoms with Crippen LogP contribution in [0.4, 0.5) is 0 Å². The summed E-state index contributed by atoms with van der Waals surface area (Å²) in [6.45, 7) is 1.81. The highest BCUT2D eigenvalue weighted by atomic mass is 32.2. The molecule has 3 nitrogen and oxygen atoms in total. The van der Waals surface area contributed by atoms with Gasteiger partial charge in [-0.3, -0.25) is 9.00 Å². The van der Waals surface area contributed by atoms with Crippen LogP contribution in [-0.4, -0.2) is 34.9 Å². The summed E-state index contributed by atoms with van der Waals surface area (Å²) in [6, 6.07) is 9.23. The lowest BCUT2D eigenvalue weighted by atomic mass is 10.2. The van der Waals surface area contributed by atoms with Gasteiger partial charge in [0.1, 0.15) is 0 Å². The van der Waals surface area contributed by atoms with Crippen LogP contribution in [0.25, 0.3) is 0 Å². The maximum atomic E-state index is 11.9. The number of rotatable bonds is 4. The molecule has 0 radical (unpaired) electrons. The van der Waals surface area contributed by atoms with Crippen molar-refractivity contribution in [1.29, 1.82) is 0 Å². The third kappa shape index (κ3) is 3.45. The monoisotopic (exact) mass is 239 g/mol. The summed E-state index contributed by atoms with van der Waals surface area (Å²) in [5.41, 5.74) is 0. The van der Waals surface area contributed by atoms with Crippen molar-refractivity contribution in [3.63, 3.8) is 0 Å². The lowest BCUT2D eigenvalue weighted by molar-refractivity contribution is -0.131. The maximum Gasteiger partial charge on any atom is 0.225 e. The third-order valence-electron chi connectivity index (χ3n) is 2.27. The topological polar surface area (TPSA) is 37.4 Å². The Hall–Kier alpha value is -1.16. The molecule has 0 fully saturated rings. The van der Waals surface area contributed by atoms with Crippen molar-refractivity contribution in [2.75, 3.05) is 19.8 Å². The van der Waals surface area contributed by atoms with Crippen LogP contribution >= 0.6 is 0 Å². The van der Waals surface area contributed by atoms with Crippen molar-refractivity contribution >= 4 is 16.7 Å². The quantitative estimate of drug-likeness (QED) is 0.799. The van der Waals surface area contributed by atoms with Crippen LogP contribution in [0.3, 0.4) is 0 Å². The van der Waals surface area contributed by atoms with E-state index in [1.54, 1.807) is 14.1 Å². The lowest BCUT2D eigenvalue weighted by Gasteiger charge is -2.16. The zero-order valence-electron chi connectivity index (χ0n) is 9.84. The van der Waals surface area contributed by atoms with Crippen LogP contribution in [0.15, 0.2) is 35.2 Å². The van der Waals surface area contributed by atoms with Crippen molar-refractivity contribution in [2.45, 2.75) is 11.8 Å². The molecule has 88 valence electrons. The minimum absolute atomic E-state index is 0.0179. The average Bonchev–Trinajstić information content (AvgIpc) is 2.28. The van der Waals surface area contributed by atoms with Crippen LogP contribution in [-0.2, 0) is 15.6 Å². The molecule has 1 rings (SSSR count). The average molecular weight is 239 g/mol. The second-order valence-corrected chi connectivity index (χ2v) is 5.45. The fourth-order valence-electron chi connectivity index (χ4n) is 1.41. The van der Waals surface area contributed by atoms with E-state index in [9.17, 15) is 9.00 Å². The fraction of sp³-hybridized carbons (Fsp3) is 0.417. The van der Waals surface area contributed by atoms with E-state index in [1.807, 2.05) is 37.3 Å². The molecule has 0 aliphatic rings. The standard InChI is InChI=1S/C12H17NO2S/c1-10(12(14)13(2)3)9-16(15)11-7-5-4-6-8-11/h4-8,10H,9H2,1-3H3. The van der Waals surface area contributed by atoms with Crippen LogP contribution < -0.4 is 0 Å². The Morgan fingerprint density at radius 1 is 1.31 bits per heavy atom. The van der Waals surface area contributed by atoms with Crippen molar-refractivity contribution < 1.29 is 9.00 Å². The predicted octanol–water partition coefficient (Wildman–Crippen LogP) is 1.52. The van der Waals surface area contributed by atoms with E-state index >= 15 is 0 Å². The Bertz CT molecular complexity index is 376. The second kappa shape index (κ2) is 5.80. The summed E-state index contributed by atoms with van der Waals surface area (Å²) in [5.74, 6) is 0.182. The summed E-state index contributed by atoms with van der Waals surface area (Å²) in [4.78, 5) is 13.9. The predicted molar refractivity (Wildman–Crippen MR) is 65.6 cm³/mol. The number of hydrogen-bond acceptors (Lipinski definition) is 2. The largest absolute Gasteiger partial charge is 0.349 e. The molecule has 4 heteroatoms. The fourth-order valence-corrected chi connectivity index (χ4v) is 2.66. The minimum Gasteiger partial charge on any atom is -0.349 e. The van der Waals surface area contributed by atoms with Crippen molar-refractivity contribution in [2.24, 2.45) is 5.92 Å². The highest BCUT2D eigenvalue weighted by Gasteiger charge is 2.18. The summed E-state index contributed by atoms with van der Waals surface area (Å²) < 4.78 is 11.9. The highest BCUT2D eigenvalue weighted by molar-refractivity contribution is 7.85. The number of carbonyl (C=O) groups excluding carboxylic acids is 1. The smallest absolute Gasteiger partial charge is 0.225 e. The zero-order chi connectivity index (χ0) is 12.1. The van der Waals surface area contributed by atoms with Gasteiger partial charge in [-0.2, -0.15) is 0 Å². The molecular formula is C12H17NO2S. The van der Waals surface area contributed by atoms with Gasteiger partial charge in [0.05, 0.1) is 10.8 Å². The van der Waals surface area contributed by atoms with Gasteiger partial charge in [0.2, 0.25) is 5.91 Å². The number of amides is 1. The Morgan fingerprint density at radius 3 is 2.38 bits per heavy atom. The Balaban J connectivity index is 2.62. The van der Waals surface area contributed by atoms with Gasteiger partial charge in [0, 0.05) is 30.7 Å². The van der Waals surface area contributed by atoms with E-state index in [0.717, 1.165) is 4.90 Å². The molecule has 0 saturated carbocycles. The third-order valence-corrected chi connectivity index (χ3v) is 3.87. The molecule has 0 aromatic heterocycles. The molecule has 2 unspecified atom stereocenters. The van der Waals surface area contributed by atoms with E-state index < -0.39 is 10.8 Å². The first-order valence-corrected chi connectivity index (χ1v) is 6.49. The number of nitrogens with zero attached hydrogens (tertiary/aromatic N) is 1. The van der Waals surface area contributed by atoms with Gasteiger partial charge in [0.25, 0.3) is 0 Å². The van der Waals surface area contributed by atoms with Gasteiger partial charge >= 0.3 is 0 Å². The van der Waals surface area contributed by atoms with Gasteiger partial charge < -0.3 is 4.90 Å². The van der Waals surface area contributed by atoms with Crippen molar-refractivity contribution in [3.05, 3.63) is 30.3 Å². The molecule has 1 aromatic rings. The first-order chi connectivity index (χ1) is 7.52. The molecule has 1 aromatic carbocycles. The first kappa shape index (κ1) is 12.9. The molecule has 0 N–H and O–H groups in total. The van der Waals surface area contributed by atoms with Crippen molar-refractivity contribution in [3.8, 4) is 0 Å². The SMILES string of the molecule is CC(CS(=O)c1ccccc1)C(=O)N(C)C. The molecular weight excluding hydrogens is 222 g/mol.